The fourth-order valence-electron chi connectivity index (χ4n) is 4.70. The second kappa shape index (κ2) is 11.6. The third kappa shape index (κ3) is 5.97. The molecule has 0 atom stereocenters. The Morgan fingerprint density at radius 3 is 2.21 bits per heavy atom. The van der Waals surface area contributed by atoms with E-state index in [4.69, 9.17) is 9.47 Å². The maximum Gasteiger partial charge on any atom is 0.309 e. The molecule has 0 aliphatic carbocycles. The summed E-state index contributed by atoms with van der Waals surface area (Å²) in [6.45, 7) is 5.76. The van der Waals surface area contributed by atoms with Crippen molar-refractivity contribution in [2.24, 2.45) is 0 Å². The molecular formula is C31H32FNO5S. The highest BCUT2D eigenvalue weighted by atomic mass is 32.2. The molecule has 8 heteroatoms. The fourth-order valence-corrected chi connectivity index (χ4v) is 6.32. The van der Waals surface area contributed by atoms with Crippen LogP contribution in [0.25, 0.3) is 21.9 Å². The number of fused-ring (bicyclic) bond motifs is 1. The highest BCUT2D eigenvalue weighted by Crippen LogP contribution is 2.36. The molecule has 4 rings (SSSR count). The van der Waals surface area contributed by atoms with E-state index >= 15 is 0 Å². The van der Waals surface area contributed by atoms with Crippen molar-refractivity contribution in [2.45, 2.75) is 44.7 Å². The minimum Gasteiger partial charge on any atom is -0.497 e. The van der Waals surface area contributed by atoms with Crippen LogP contribution in [0, 0.1) is 12.7 Å². The summed E-state index contributed by atoms with van der Waals surface area (Å²) in [6, 6.07) is 20.0. The minimum atomic E-state index is -3.82. The molecule has 0 saturated carbocycles. The lowest BCUT2D eigenvalue weighted by Gasteiger charge is -2.26. The minimum absolute atomic E-state index is 0.0732. The molecule has 0 spiro atoms. The molecule has 0 unspecified atom stereocenters. The van der Waals surface area contributed by atoms with Crippen LogP contribution in [0.5, 0.6) is 5.75 Å². The zero-order valence-electron chi connectivity index (χ0n) is 22.7. The van der Waals surface area contributed by atoms with Crippen molar-refractivity contribution in [2.75, 3.05) is 14.2 Å². The van der Waals surface area contributed by atoms with Crippen LogP contribution in [0.3, 0.4) is 0 Å². The highest BCUT2D eigenvalue weighted by Gasteiger charge is 2.27. The number of benzene rings is 4. The number of carbonyl (C=O) groups excluding carboxylic acids is 1. The van der Waals surface area contributed by atoms with E-state index in [2.05, 4.69) is 0 Å². The predicted octanol–water partition coefficient (Wildman–Crippen LogP) is 6.28. The fraction of sp³-hybridized carbons (Fsp3) is 0.258. The summed E-state index contributed by atoms with van der Waals surface area (Å²) < 4.78 is 53.2. The van der Waals surface area contributed by atoms with Gasteiger partial charge in [-0.2, -0.15) is 4.31 Å². The Morgan fingerprint density at radius 2 is 1.62 bits per heavy atom. The summed E-state index contributed by atoms with van der Waals surface area (Å²) in [6.07, 6.45) is 0.0732. The van der Waals surface area contributed by atoms with E-state index in [0.29, 0.717) is 11.1 Å². The number of sulfonamides is 1. The van der Waals surface area contributed by atoms with Gasteiger partial charge >= 0.3 is 5.97 Å². The molecule has 0 amide bonds. The molecule has 0 bridgehead atoms. The standard InChI is InChI=1S/C31H32FNO5S/c1-20(2)33(19-22-6-12-27(37-4)13-7-22)39(35,36)28-14-9-23(10-15-28)31-21(3)25(17-30(34)38-5)16-24-8-11-26(32)18-29(24)31/h6-16,18,20H,17,19H2,1-5H3. The molecule has 0 heterocycles. The molecule has 4 aromatic rings. The first-order chi connectivity index (χ1) is 18.5. The lowest BCUT2D eigenvalue weighted by atomic mass is 9.89. The van der Waals surface area contributed by atoms with E-state index in [0.717, 1.165) is 33.2 Å². The summed E-state index contributed by atoms with van der Waals surface area (Å²) in [5.74, 6) is -0.0570. The van der Waals surface area contributed by atoms with Gasteiger partial charge in [0.15, 0.2) is 0 Å². The molecule has 0 aromatic heterocycles. The van der Waals surface area contributed by atoms with Crippen LogP contribution in [0.15, 0.2) is 77.7 Å². The first-order valence-electron chi connectivity index (χ1n) is 12.6. The number of esters is 1. The van der Waals surface area contributed by atoms with Gasteiger partial charge < -0.3 is 9.47 Å². The number of hydrogen-bond acceptors (Lipinski definition) is 5. The van der Waals surface area contributed by atoms with Gasteiger partial charge in [0.1, 0.15) is 11.6 Å². The van der Waals surface area contributed by atoms with Gasteiger partial charge in [-0.3, -0.25) is 4.79 Å². The van der Waals surface area contributed by atoms with Crippen molar-refractivity contribution in [3.63, 3.8) is 0 Å². The van der Waals surface area contributed by atoms with E-state index in [1.807, 2.05) is 39.0 Å². The maximum atomic E-state index is 14.3. The van der Waals surface area contributed by atoms with Gasteiger partial charge in [0.2, 0.25) is 10.0 Å². The SMILES string of the molecule is COC(=O)Cc1cc2ccc(F)cc2c(-c2ccc(S(=O)(=O)N(Cc3ccc(OC)cc3)C(C)C)cc2)c1C. The first-order valence-corrected chi connectivity index (χ1v) is 14.0. The summed E-state index contributed by atoms with van der Waals surface area (Å²) >= 11 is 0. The molecule has 4 aromatic carbocycles. The second-order valence-electron chi connectivity index (χ2n) is 9.67. The molecular weight excluding hydrogens is 517 g/mol. The lowest BCUT2D eigenvalue weighted by Crippen LogP contribution is -2.36. The number of carbonyl (C=O) groups is 1. The van der Waals surface area contributed by atoms with Crippen LogP contribution in [0.4, 0.5) is 4.39 Å². The third-order valence-corrected chi connectivity index (χ3v) is 8.89. The van der Waals surface area contributed by atoms with Crippen LogP contribution >= 0.6 is 0 Å². The van der Waals surface area contributed by atoms with Gasteiger partial charge in [-0.1, -0.05) is 36.4 Å². The van der Waals surface area contributed by atoms with Crippen LogP contribution < -0.4 is 4.74 Å². The average molecular weight is 550 g/mol. The zero-order chi connectivity index (χ0) is 28.3. The predicted molar refractivity (Wildman–Crippen MR) is 151 cm³/mol. The Balaban J connectivity index is 1.74. The van der Waals surface area contributed by atoms with E-state index in [9.17, 15) is 17.6 Å². The van der Waals surface area contributed by atoms with E-state index in [1.54, 1.807) is 49.6 Å². The number of nitrogens with zero attached hydrogens (tertiary/aromatic N) is 1. The Labute approximate surface area is 229 Å². The van der Waals surface area contributed by atoms with Crippen molar-refractivity contribution >= 4 is 26.8 Å². The van der Waals surface area contributed by atoms with E-state index < -0.39 is 10.0 Å². The summed E-state index contributed by atoms with van der Waals surface area (Å²) in [5, 5.41) is 1.46. The van der Waals surface area contributed by atoms with Crippen molar-refractivity contribution in [1.29, 1.82) is 0 Å². The number of methoxy groups -OCH3 is 2. The van der Waals surface area contributed by atoms with Crippen molar-refractivity contribution in [3.8, 4) is 16.9 Å². The highest BCUT2D eigenvalue weighted by molar-refractivity contribution is 7.89. The molecule has 0 aliphatic heterocycles. The van der Waals surface area contributed by atoms with Gasteiger partial charge in [-0.15, -0.1) is 0 Å². The summed E-state index contributed by atoms with van der Waals surface area (Å²) in [4.78, 5) is 12.2. The van der Waals surface area contributed by atoms with E-state index in [-0.39, 0.29) is 35.7 Å². The molecule has 0 fully saturated rings. The molecule has 39 heavy (non-hydrogen) atoms. The monoisotopic (exact) mass is 549 g/mol. The number of halogens is 1. The molecule has 0 saturated heterocycles. The van der Waals surface area contributed by atoms with E-state index in [1.165, 1.54) is 23.5 Å². The quantitative estimate of drug-likeness (QED) is 0.230. The Kier molecular flexibility index (Phi) is 8.37. The van der Waals surface area contributed by atoms with Gasteiger partial charge in [0, 0.05) is 12.6 Å². The molecule has 0 radical (unpaired) electrons. The molecule has 6 nitrogen and oxygen atoms in total. The molecule has 0 aliphatic rings. The van der Waals surface area contributed by atoms with Crippen molar-refractivity contribution < 1.29 is 27.1 Å². The summed E-state index contributed by atoms with van der Waals surface area (Å²) in [7, 11) is -0.899. The van der Waals surface area contributed by atoms with Crippen LogP contribution in [0.1, 0.15) is 30.5 Å². The Hall–Kier alpha value is -3.75. The normalized spacial score (nSPS) is 11.8. The van der Waals surface area contributed by atoms with Crippen molar-refractivity contribution in [1.82, 2.24) is 4.31 Å². The smallest absolute Gasteiger partial charge is 0.309 e. The third-order valence-electron chi connectivity index (χ3n) is 6.86. The Bertz CT molecular complexity index is 1600. The van der Waals surface area contributed by atoms with Crippen LogP contribution in [-0.2, 0) is 32.5 Å². The second-order valence-corrected chi connectivity index (χ2v) is 11.6. The van der Waals surface area contributed by atoms with Gasteiger partial charge in [0.25, 0.3) is 0 Å². The average Bonchev–Trinajstić information content (AvgIpc) is 2.92. The molecule has 0 N–H and O–H groups in total. The largest absolute Gasteiger partial charge is 0.497 e. The van der Waals surface area contributed by atoms with Crippen LogP contribution in [-0.4, -0.2) is 39.0 Å². The van der Waals surface area contributed by atoms with Crippen molar-refractivity contribution in [3.05, 3.63) is 95.3 Å². The van der Waals surface area contributed by atoms with Gasteiger partial charge in [-0.05, 0) is 95.8 Å². The maximum absolute atomic E-state index is 14.3. The lowest BCUT2D eigenvalue weighted by molar-refractivity contribution is -0.139. The number of hydrogen-bond donors (Lipinski definition) is 0. The zero-order valence-corrected chi connectivity index (χ0v) is 23.5. The van der Waals surface area contributed by atoms with Gasteiger partial charge in [0.05, 0.1) is 25.5 Å². The Morgan fingerprint density at radius 1 is 0.949 bits per heavy atom. The first kappa shape index (κ1) is 28.3. The van der Waals surface area contributed by atoms with Crippen LogP contribution in [0.2, 0.25) is 0 Å². The topological polar surface area (TPSA) is 72.9 Å². The number of ether oxygens (including phenoxy) is 2. The number of rotatable bonds is 9. The van der Waals surface area contributed by atoms with Gasteiger partial charge in [-0.25, -0.2) is 12.8 Å². The molecule has 204 valence electrons. The summed E-state index contributed by atoms with van der Waals surface area (Å²) in [5.41, 5.74) is 3.88.